The molecule has 9 heteroatoms. The molecule has 0 bridgehead atoms. The molecule has 7 nitrogen and oxygen atoms in total. The number of rotatable bonds is 4. The van der Waals surface area contributed by atoms with Gasteiger partial charge in [-0.2, -0.15) is 0 Å². The van der Waals surface area contributed by atoms with Gasteiger partial charge in [0.15, 0.2) is 0 Å². The van der Waals surface area contributed by atoms with Gasteiger partial charge < -0.3 is 10.2 Å². The fourth-order valence-corrected chi connectivity index (χ4v) is 5.42. The van der Waals surface area contributed by atoms with E-state index in [0.717, 1.165) is 44.8 Å². The molecule has 3 aliphatic rings. The number of alkyl halides is 2. The van der Waals surface area contributed by atoms with Gasteiger partial charge in [0, 0.05) is 76.1 Å². The molecule has 1 saturated carbocycles. The molecule has 1 aromatic heterocycles. The molecule has 2 atom stereocenters. The first-order valence-corrected chi connectivity index (χ1v) is 12.0. The first kappa shape index (κ1) is 23.3. The molecule has 0 unspecified atom stereocenters. The van der Waals surface area contributed by atoms with Crippen LogP contribution in [0.2, 0.25) is 0 Å². The van der Waals surface area contributed by atoms with E-state index < -0.39 is 12.0 Å². The van der Waals surface area contributed by atoms with Gasteiger partial charge in [0.2, 0.25) is 0 Å². The van der Waals surface area contributed by atoms with Crippen LogP contribution in [0.4, 0.5) is 13.6 Å². The Morgan fingerprint density at radius 3 is 2.34 bits per heavy atom. The Kier molecular flexibility index (Phi) is 7.24. The van der Waals surface area contributed by atoms with Gasteiger partial charge in [0.25, 0.3) is 5.92 Å². The average Bonchev–Trinajstić information content (AvgIpc) is 2.81. The third-order valence-corrected chi connectivity index (χ3v) is 7.41. The normalized spacial score (nSPS) is 28.1. The van der Waals surface area contributed by atoms with Crippen molar-refractivity contribution in [2.24, 2.45) is 0 Å². The summed E-state index contributed by atoms with van der Waals surface area (Å²) < 4.78 is 30.0. The number of nitrogens with zero attached hydrogens (tertiary/aromatic N) is 5. The van der Waals surface area contributed by atoms with Crippen molar-refractivity contribution in [2.45, 2.75) is 75.9 Å². The highest BCUT2D eigenvalue weighted by Gasteiger charge is 2.50. The van der Waals surface area contributed by atoms with Crippen molar-refractivity contribution in [3.05, 3.63) is 24.3 Å². The molecular weight excluding hydrogens is 414 g/mol. The van der Waals surface area contributed by atoms with E-state index in [-0.39, 0.29) is 24.4 Å². The van der Waals surface area contributed by atoms with Crippen molar-refractivity contribution in [3.8, 4) is 0 Å². The molecule has 0 spiro atoms. The monoisotopic (exact) mass is 450 g/mol. The summed E-state index contributed by atoms with van der Waals surface area (Å²) in [6, 6.07) is 0.437. The van der Waals surface area contributed by atoms with Crippen LogP contribution < -0.4 is 5.32 Å². The Morgan fingerprint density at radius 2 is 1.72 bits per heavy atom. The number of likely N-dealkylation sites (tertiary alicyclic amines) is 1. The lowest BCUT2D eigenvalue weighted by Crippen LogP contribution is -2.66. The van der Waals surface area contributed by atoms with Crippen molar-refractivity contribution in [2.75, 3.05) is 39.3 Å². The largest absolute Gasteiger partial charge is 0.328 e. The highest BCUT2D eigenvalue weighted by Crippen LogP contribution is 2.37. The van der Waals surface area contributed by atoms with Gasteiger partial charge in [0.1, 0.15) is 11.9 Å². The summed E-state index contributed by atoms with van der Waals surface area (Å²) in [5.41, 5.74) is 0. The Balaban J connectivity index is 1.36. The van der Waals surface area contributed by atoms with Gasteiger partial charge >= 0.3 is 6.03 Å². The molecule has 2 amide bonds. The standard InChI is InChI=1S/C23H36F2N6O/c1-17(2)29-13-15-30(16-14-29)19-5-3-8-23(24,25)20(19)28-22(32)31-11-6-18(7-12-31)21-26-9-4-10-27-21/h4,9-10,17-20H,3,5-8,11-16H2,1-2H3,(H,28,32)/t19-,20+/m0/s1. The number of piperazine rings is 1. The van der Waals surface area contributed by atoms with E-state index in [2.05, 4.69) is 38.9 Å². The summed E-state index contributed by atoms with van der Waals surface area (Å²) in [4.78, 5) is 27.9. The molecule has 3 heterocycles. The van der Waals surface area contributed by atoms with Crippen molar-refractivity contribution >= 4 is 6.03 Å². The summed E-state index contributed by atoms with van der Waals surface area (Å²) in [7, 11) is 0. The van der Waals surface area contributed by atoms with Crippen LogP contribution in [0, 0.1) is 0 Å². The topological polar surface area (TPSA) is 64.6 Å². The predicted octanol–water partition coefficient (Wildman–Crippen LogP) is 2.95. The minimum absolute atomic E-state index is 0.159. The van der Waals surface area contributed by atoms with E-state index in [4.69, 9.17) is 0 Å². The van der Waals surface area contributed by atoms with E-state index in [1.54, 1.807) is 23.4 Å². The zero-order valence-electron chi connectivity index (χ0n) is 19.2. The lowest BCUT2D eigenvalue weighted by atomic mass is 9.85. The summed E-state index contributed by atoms with van der Waals surface area (Å²) in [6.07, 6.45) is 6.00. The van der Waals surface area contributed by atoms with Gasteiger partial charge in [0.05, 0.1) is 0 Å². The zero-order valence-corrected chi connectivity index (χ0v) is 19.2. The van der Waals surface area contributed by atoms with E-state index in [1.165, 1.54) is 0 Å². The van der Waals surface area contributed by atoms with Crippen molar-refractivity contribution in [1.29, 1.82) is 0 Å². The third-order valence-electron chi connectivity index (χ3n) is 7.41. The number of piperidine rings is 1. The maximum Gasteiger partial charge on any atom is 0.317 e. The van der Waals surface area contributed by atoms with Crippen LogP contribution in [-0.4, -0.2) is 94.0 Å². The van der Waals surface area contributed by atoms with Gasteiger partial charge in [-0.25, -0.2) is 23.5 Å². The van der Waals surface area contributed by atoms with Crippen molar-refractivity contribution < 1.29 is 13.6 Å². The average molecular weight is 451 g/mol. The predicted molar refractivity (Wildman–Crippen MR) is 119 cm³/mol. The second kappa shape index (κ2) is 9.95. The lowest BCUT2D eigenvalue weighted by Gasteiger charge is -2.47. The Hall–Kier alpha value is -1.87. The molecule has 2 aliphatic heterocycles. The van der Waals surface area contributed by atoms with Gasteiger partial charge in [-0.05, 0) is 45.6 Å². The van der Waals surface area contributed by atoms with E-state index in [9.17, 15) is 4.79 Å². The van der Waals surface area contributed by atoms with Crippen LogP contribution in [-0.2, 0) is 0 Å². The fourth-order valence-electron chi connectivity index (χ4n) is 5.42. The number of halogens is 2. The molecular formula is C23H36F2N6O. The van der Waals surface area contributed by atoms with Gasteiger partial charge in [-0.15, -0.1) is 0 Å². The minimum Gasteiger partial charge on any atom is -0.328 e. The number of carbonyl (C=O) groups is 1. The van der Waals surface area contributed by atoms with E-state index in [1.807, 2.05) is 0 Å². The van der Waals surface area contributed by atoms with Crippen LogP contribution in [0.15, 0.2) is 18.5 Å². The van der Waals surface area contributed by atoms with Gasteiger partial charge in [-0.1, -0.05) is 0 Å². The molecule has 0 aromatic carbocycles. The SMILES string of the molecule is CC(C)N1CCN([C@H]2CCCC(F)(F)[C@@H]2NC(=O)N2CCC(c3ncccn3)CC2)CC1. The molecule has 0 radical (unpaired) electrons. The molecule has 1 aliphatic carbocycles. The lowest BCUT2D eigenvalue weighted by molar-refractivity contribution is -0.0973. The maximum absolute atomic E-state index is 15.0. The minimum atomic E-state index is -2.88. The smallest absolute Gasteiger partial charge is 0.317 e. The van der Waals surface area contributed by atoms with Crippen LogP contribution in [0.3, 0.4) is 0 Å². The molecule has 2 saturated heterocycles. The summed E-state index contributed by atoms with van der Waals surface area (Å²) in [5.74, 6) is -1.88. The van der Waals surface area contributed by atoms with Crippen molar-refractivity contribution in [1.82, 2.24) is 30.0 Å². The molecule has 178 valence electrons. The van der Waals surface area contributed by atoms with Crippen molar-refractivity contribution in [3.63, 3.8) is 0 Å². The second-order valence-corrected chi connectivity index (χ2v) is 9.68. The highest BCUT2D eigenvalue weighted by molar-refractivity contribution is 5.75. The van der Waals surface area contributed by atoms with E-state index in [0.29, 0.717) is 32.0 Å². The summed E-state index contributed by atoms with van der Waals surface area (Å²) in [5, 5.41) is 2.77. The number of aromatic nitrogens is 2. The molecule has 1 aromatic rings. The quantitative estimate of drug-likeness (QED) is 0.764. The first-order chi connectivity index (χ1) is 15.3. The number of carbonyl (C=O) groups excluding carboxylic acids is 1. The Labute approximate surface area is 189 Å². The van der Waals surface area contributed by atoms with Gasteiger partial charge in [-0.3, -0.25) is 9.80 Å². The number of hydrogen-bond acceptors (Lipinski definition) is 5. The van der Waals surface area contributed by atoms with Crippen LogP contribution in [0.25, 0.3) is 0 Å². The van der Waals surface area contributed by atoms with Crippen LogP contribution in [0.5, 0.6) is 0 Å². The van der Waals surface area contributed by atoms with E-state index >= 15 is 8.78 Å². The Morgan fingerprint density at radius 1 is 1.06 bits per heavy atom. The molecule has 4 rings (SSSR count). The van der Waals surface area contributed by atoms with Crippen LogP contribution in [0.1, 0.15) is 57.7 Å². The fraction of sp³-hybridized carbons (Fsp3) is 0.783. The van der Waals surface area contributed by atoms with Crippen LogP contribution >= 0.6 is 0 Å². The third kappa shape index (κ3) is 5.20. The number of amides is 2. The summed E-state index contributed by atoms with van der Waals surface area (Å²) in [6.45, 7) is 8.71. The zero-order chi connectivity index (χ0) is 22.7. The maximum atomic E-state index is 15.0. The molecule has 32 heavy (non-hydrogen) atoms. The first-order valence-electron chi connectivity index (χ1n) is 12.0. The highest BCUT2D eigenvalue weighted by atomic mass is 19.3. The second-order valence-electron chi connectivity index (χ2n) is 9.68. The summed E-state index contributed by atoms with van der Waals surface area (Å²) >= 11 is 0. The Bertz CT molecular complexity index is 748. The number of urea groups is 1. The number of nitrogens with one attached hydrogen (secondary N) is 1. The number of hydrogen-bond donors (Lipinski definition) is 1. The molecule has 1 N–H and O–H groups in total. The molecule has 3 fully saturated rings.